The molecule has 1 saturated heterocycles. The van der Waals surface area contributed by atoms with Crippen molar-refractivity contribution in [2.75, 3.05) is 63.5 Å². The van der Waals surface area contributed by atoms with Crippen LogP contribution in [0.25, 0.3) is 0 Å². The van der Waals surface area contributed by atoms with Crippen LogP contribution < -0.4 is 21.1 Å². The zero-order valence-corrected chi connectivity index (χ0v) is 23.0. The Morgan fingerprint density at radius 2 is 1.89 bits per heavy atom. The van der Waals surface area contributed by atoms with Crippen LogP contribution in [0.4, 0.5) is 17.1 Å². The van der Waals surface area contributed by atoms with Gasteiger partial charge in [0.2, 0.25) is 5.96 Å². The Labute approximate surface area is 221 Å². The predicted octanol–water partition coefficient (Wildman–Crippen LogP) is 3.41. The van der Waals surface area contributed by atoms with Gasteiger partial charge in [-0.05, 0) is 79.3 Å². The summed E-state index contributed by atoms with van der Waals surface area (Å²) < 4.78 is 7.59. The van der Waals surface area contributed by atoms with Crippen molar-refractivity contribution in [3.05, 3.63) is 63.6 Å². The van der Waals surface area contributed by atoms with Gasteiger partial charge in [-0.3, -0.25) is 4.79 Å². The average molecular weight is 559 g/mol. The number of nitrogens with zero attached hydrogens (tertiary/aromatic N) is 5. The molecule has 36 heavy (non-hydrogen) atoms. The van der Waals surface area contributed by atoms with Crippen LogP contribution in [0.1, 0.15) is 12.8 Å². The number of halogens is 1. The normalized spacial score (nSPS) is 18.8. The number of hydrogen-bond donors (Lipinski definition) is 2. The highest BCUT2D eigenvalue weighted by Crippen LogP contribution is 2.25. The Kier molecular flexibility index (Phi) is 8.71. The van der Waals surface area contributed by atoms with Gasteiger partial charge in [-0.15, -0.1) is 0 Å². The summed E-state index contributed by atoms with van der Waals surface area (Å²) >= 11 is 3.60. The van der Waals surface area contributed by atoms with Gasteiger partial charge >= 0.3 is 0 Å². The molecular weight excluding hydrogens is 522 g/mol. The number of benzene rings is 1. The molecule has 0 spiro atoms. The van der Waals surface area contributed by atoms with E-state index in [0.29, 0.717) is 30.8 Å². The Bertz CT molecular complexity index is 1140. The Hall–Kier alpha value is -2.82. The van der Waals surface area contributed by atoms with Crippen molar-refractivity contribution in [3.63, 3.8) is 0 Å². The summed E-state index contributed by atoms with van der Waals surface area (Å²) in [5.41, 5.74) is 2.62. The van der Waals surface area contributed by atoms with E-state index in [1.165, 1.54) is 18.5 Å². The third-order valence-electron chi connectivity index (χ3n) is 6.82. The molecule has 2 aromatic rings. The van der Waals surface area contributed by atoms with Crippen molar-refractivity contribution < 1.29 is 4.74 Å². The number of aliphatic imine (C=N–C) groups is 1. The molecule has 2 aliphatic rings. The topological polar surface area (TPSA) is 77.4 Å². The van der Waals surface area contributed by atoms with Gasteiger partial charge in [-0.2, -0.15) is 0 Å². The van der Waals surface area contributed by atoms with E-state index in [-0.39, 0.29) is 11.7 Å². The van der Waals surface area contributed by atoms with Gasteiger partial charge in [0.25, 0.3) is 5.56 Å². The number of guanidine groups is 1. The van der Waals surface area contributed by atoms with Gasteiger partial charge in [0.05, 0.1) is 11.1 Å². The van der Waals surface area contributed by atoms with Crippen molar-refractivity contribution in [2.45, 2.75) is 31.6 Å². The van der Waals surface area contributed by atoms with Crippen LogP contribution in [0, 0.1) is 0 Å². The van der Waals surface area contributed by atoms with E-state index in [1.807, 2.05) is 18.0 Å². The minimum absolute atomic E-state index is 0.0922. The van der Waals surface area contributed by atoms with Crippen LogP contribution in [0.3, 0.4) is 0 Å². The molecule has 1 aromatic carbocycles. The highest BCUT2D eigenvalue weighted by molar-refractivity contribution is 9.11. The molecule has 1 fully saturated rings. The molecule has 0 radical (unpaired) electrons. The fourth-order valence-electron chi connectivity index (χ4n) is 4.56. The number of nitrogens with one attached hydrogen (secondary N) is 2. The maximum atomic E-state index is 12.9. The van der Waals surface area contributed by atoms with E-state index >= 15 is 0 Å². The summed E-state index contributed by atoms with van der Waals surface area (Å²) in [4.78, 5) is 24.2. The molecule has 1 aromatic heterocycles. The molecule has 2 aliphatic heterocycles. The van der Waals surface area contributed by atoms with Gasteiger partial charge in [0.15, 0.2) is 0 Å². The first-order valence-corrected chi connectivity index (χ1v) is 13.1. The van der Waals surface area contributed by atoms with Crippen LogP contribution in [-0.4, -0.2) is 80.5 Å². The van der Waals surface area contributed by atoms with E-state index < -0.39 is 0 Å². The Morgan fingerprint density at radius 3 is 2.56 bits per heavy atom. The minimum Gasteiger partial charge on any atom is -0.383 e. The first kappa shape index (κ1) is 26.2. The van der Waals surface area contributed by atoms with Gasteiger partial charge in [-0.25, -0.2) is 4.99 Å². The van der Waals surface area contributed by atoms with E-state index in [9.17, 15) is 4.79 Å². The molecule has 4 rings (SSSR count). The zero-order chi connectivity index (χ0) is 25.7. The maximum Gasteiger partial charge on any atom is 0.274 e. The molecule has 0 aliphatic carbocycles. The number of hydrogen-bond acceptors (Lipinski definition) is 8. The SMILES string of the molecule is COCCn1cccc(NC2C(Br)=CN=C(Nc3ccc(N4CCC(N(C)C)CC4)cc3)N2C)c1=O. The van der Waals surface area contributed by atoms with Gasteiger partial charge in [0, 0.05) is 63.6 Å². The van der Waals surface area contributed by atoms with Crippen molar-refractivity contribution in [1.29, 1.82) is 0 Å². The van der Waals surface area contributed by atoms with Gasteiger partial charge in [-0.1, -0.05) is 0 Å². The second kappa shape index (κ2) is 11.9. The number of methoxy groups -OCH3 is 1. The third kappa shape index (κ3) is 6.11. The summed E-state index contributed by atoms with van der Waals surface area (Å²) in [6.07, 6.45) is 5.61. The average Bonchev–Trinajstić information content (AvgIpc) is 2.89. The minimum atomic E-state index is -0.284. The molecule has 2 N–H and O–H groups in total. The summed E-state index contributed by atoms with van der Waals surface area (Å²) in [5, 5.41) is 6.77. The first-order valence-electron chi connectivity index (χ1n) is 12.3. The number of ether oxygens (including phenoxy) is 1. The van der Waals surface area contributed by atoms with E-state index in [4.69, 9.17) is 4.74 Å². The predicted molar refractivity (Wildman–Crippen MR) is 151 cm³/mol. The number of piperidine rings is 1. The lowest BCUT2D eigenvalue weighted by Crippen LogP contribution is -2.48. The van der Waals surface area contributed by atoms with Crippen molar-refractivity contribution in [1.82, 2.24) is 14.4 Å². The highest BCUT2D eigenvalue weighted by atomic mass is 79.9. The fourth-order valence-corrected chi connectivity index (χ4v) is 5.09. The fraction of sp³-hybridized carbons (Fsp3) is 0.462. The Balaban J connectivity index is 1.40. The van der Waals surface area contributed by atoms with Crippen molar-refractivity contribution in [2.24, 2.45) is 4.99 Å². The van der Waals surface area contributed by atoms with Crippen LogP contribution in [-0.2, 0) is 11.3 Å². The number of pyridine rings is 1. The summed E-state index contributed by atoms with van der Waals surface area (Å²) in [7, 11) is 7.89. The zero-order valence-electron chi connectivity index (χ0n) is 21.4. The van der Waals surface area contributed by atoms with Crippen LogP contribution in [0.15, 0.2) is 63.1 Å². The van der Waals surface area contributed by atoms with Gasteiger partial charge in [0.1, 0.15) is 11.9 Å². The third-order valence-corrected chi connectivity index (χ3v) is 7.46. The summed E-state index contributed by atoms with van der Waals surface area (Å²) in [6.45, 7) is 3.12. The molecule has 1 atom stereocenters. The molecule has 0 amide bonds. The molecule has 0 bridgehead atoms. The number of likely N-dealkylation sites (N-methyl/N-ethyl adjacent to an activating group) is 1. The van der Waals surface area contributed by atoms with E-state index in [0.717, 1.165) is 23.3 Å². The second-order valence-electron chi connectivity index (χ2n) is 9.39. The molecule has 10 heteroatoms. The molecule has 1 unspecified atom stereocenters. The van der Waals surface area contributed by atoms with E-state index in [1.54, 1.807) is 30.1 Å². The second-order valence-corrected chi connectivity index (χ2v) is 10.3. The lowest BCUT2D eigenvalue weighted by molar-refractivity contribution is 0.186. The lowest BCUT2D eigenvalue weighted by Gasteiger charge is -2.36. The number of aromatic nitrogens is 1. The molecule has 194 valence electrons. The van der Waals surface area contributed by atoms with Crippen molar-refractivity contribution >= 4 is 39.0 Å². The molecular formula is C26H36BrN7O2. The maximum absolute atomic E-state index is 12.9. The Morgan fingerprint density at radius 1 is 1.17 bits per heavy atom. The monoisotopic (exact) mass is 557 g/mol. The highest BCUT2D eigenvalue weighted by Gasteiger charge is 2.26. The quantitative estimate of drug-likeness (QED) is 0.515. The van der Waals surface area contributed by atoms with Crippen LogP contribution in [0.2, 0.25) is 0 Å². The lowest BCUT2D eigenvalue weighted by atomic mass is 10.0. The molecule has 9 nitrogen and oxygen atoms in total. The first-order chi connectivity index (χ1) is 17.4. The largest absolute Gasteiger partial charge is 0.383 e. The molecule has 0 saturated carbocycles. The summed E-state index contributed by atoms with van der Waals surface area (Å²) in [6, 6.07) is 12.8. The van der Waals surface area contributed by atoms with E-state index in [2.05, 4.69) is 79.7 Å². The van der Waals surface area contributed by atoms with Crippen LogP contribution >= 0.6 is 15.9 Å². The number of rotatable bonds is 8. The smallest absolute Gasteiger partial charge is 0.274 e. The number of anilines is 3. The summed E-state index contributed by atoms with van der Waals surface area (Å²) in [5.74, 6) is 0.686. The van der Waals surface area contributed by atoms with Crippen molar-refractivity contribution in [3.8, 4) is 0 Å². The standard InChI is InChI=1S/C26H36BrN7O2/c1-31(2)20-11-14-33(15-12-20)21-9-7-19(8-10-21)29-26-28-18-22(27)24(32(26)3)30-23-6-5-13-34(25(23)35)16-17-36-4/h5-10,13,18,20,24,30H,11-12,14-17H2,1-4H3,(H,28,29). The van der Waals surface area contributed by atoms with Crippen LogP contribution in [0.5, 0.6) is 0 Å². The van der Waals surface area contributed by atoms with Gasteiger partial charge < -0.3 is 34.6 Å². The molecule has 3 heterocycles.